The highest BCUT2D eigenvalue weighted by molar-refractivity contribution is 8.00. The summed E-state index contributed by atoms with van der Waals surface area (Å²) >= 11 is 1.08. The number of carboxylic acid groups (broad SMARTS) is 1. The van der Waals surface area contributed by atoms with Crippen molar-refractivity contribution in [2.24, 2.45) is 5.73 Å². The Bertz CT molecular complexity index is 340. The predicted molar refractivity (Wildman–Crippen MR) is 60.9 cm³/mol. The van der Waals surface area contributed by atoms with E-state index in [1.807, 2.05) is 6.07 Å². The summed E-state index contributed by atoms with van der Waals surface area (Å²) in [5, 5.41) is 19.3. The zero-order valence-corrected chi connectivity index (χ0v) is 9.83. The molecule has 1 unspecified atom stereocenters. The van der Waals surface area contributed by atoms with Crippen molar-refractivity contribution in [2.75, 3.05) is 11.5 Å². The van der Waals surface area contributed by atoms with Gasteiger partial charge in [0.2, 0.25) is 11.8 Å². The Labute approximate surface area is 102 Å². The minimum absolute atomic E-state index is 0.00785. The predicted octanol–water partition coefficient (Wildman–Crippen LogP) is -0.922. The zero-order chi connectivity index (χ0) is 13.3. The Morgan fingerprint density at radius 2 is 2.12 bits per heavy atom. The fourth-order valence-corrected chi connectivity index (χ4v) is 1.43. The molecule has 0 heterocycles. The van der Waals surface area contributed by atoms with Crippen LogP contribution < -0.4 is 11.1 Å². The molecule has 0 aliphatic rings. The van der Waals surface area contributed by atoms with E-state index >= 15 is 0 Å². The average molecular weight is 259 g/mol. The van der Waals surface area contributed by atoms with Gasteiger partial charge in [0.1, 0.15) is 6.04 Å². The van der Waals surface area contributed by atoms with E-state index in [0.717, 1.165) is 11.8 Å². The fraction of sp³-hybridized carbons (Fsp3) is 0.556. The average Bonchev–Trinajstić information content (AvgIpc) is 2.23. The molecule has 8 heteroatoms. The molecule has 0 bridgehead atoms. The minimum atomic E-state index is -1.22. The van der Waals surface area contributed by atoms with Crippen LogP contribution in [0, 0.1) is 11.3 Å². The Morgan fingerprint density at radius 1 is 1.47 bits per heavy atom. The van der Waals surface area contributed by atoms with Crippen LogP contribution in [-0.2, 0) is 14.4 Å². The number of thioether (sulfide) groups is 1. The number of primary amides is 1. The van der Waals surface area contributed by atoms with Crippen molar-refractivity contribution in [3.05, 3.63) is 0 Å². The van der Waals surface area contributed by atoms with E-state index in [1.54, 1.807) is 0 Å². The molecule has 7 nitrogen and oxygen atoms in total. The lowest BCUT2D eigenvalue weighted by atomic mass is 10.1. The van der Waals surface area contributed by atoms with Crippen molar-refractivity contribution in [3.63, 3.8) is 0 Å². The van der Waals surface area contributed by atoms with Crippen LogP contribution in [0.4, 0.5) is 0 Å². The van der Waals surface area contributed by atoms with Crippen LogP contribution in [0.5, 0.6) is 0 Å². The van der Waals surface area contributed by atoms with Gasteiger partial charge in [-0.3, -0.25) is 9.59 Å². The normalized spacial score (nSPS) is 11.2. The molecule has 0 fully saturated rings. The quantitative estimate of drug-likeness (QED) is 0.483. The number of aliphatic carboxylic acids is 1. The summed E-state index contributed by atoms with van der Waals surface area (Å²) in [4.78, 5) is 32.5. The highest BCUT2D eigenvalue weighted by Crippen LogP contribution is 2.01. The Balaban J connectivity index is 4.07. The molecule has 0 saturated heterocycles. The number of nitriles is 1. The highest BCUT2D eigenvalue weighted by atomic mass is 32.2. The van der Waals surface area contributed by atoms with Crippen LogP contribution in [0.1, 0.15) is 12.8 Å². The van der Waals surface area contributed by atoms with E-state index in [2.05, 4.69) is 5.32 Å². The van der Waals surface area contributed by atoms with Gasteiger partial charge in [-0.15, -0.1) is 11.8 Å². The van der Waals surface area contributed by atoms with Crippen LogP contribution in [0.2, 0.25) is 0 Å². The number of hydrogen-bond donors (Lipinski definition) is 3. The number of amides is 2. The molecule has 0 spiro atoms. The molecule has 0 aromatic heterocycles. The van der Waals surface area contributed by atoms with E-state index in [4.69, 9.17) is 16.1 Å². The van der Waals surface area contributed by atoms with Crippen LogP contribution in [0.25, 0.3) is 0 Å². The standard InChI is InChI=1S/C9H13N3O4S/c10-3-4-17-5-8(14)12-6(9(15)16)1-2-7(11)13/h6H,1-2,4-5H2,(H2,11,13)(H,12,14)(H,15,16). The molecule has 0 aliphatic carbocycles. The van der Waals surface area contributed by atoms with E-state index in [0.29, 0.717) is 0 Å². The van der Waals surface area contributed by atoms with Gasteiger partial charge in [0.25, 0.3) is 0 Å². The second-order valence-corrected chi connectivity index (χ2v) is 4.10. The smallest absolute Gasteiger partial charge is 0.326 e. The maximum absolute atomic E-state index is 11.3. The van der Waals surface area contributed by atoms with Gasteiger partial charge in [-0.25, -0.2) is 4.79 Å². The molecule has 2 amide bonds. The van der Waals surface area contributed by atoms with Gasteiger partial charge >= 0.3 is 5.97 Å². The molecule has 1 atom stereocenters. The lowest BCUT2D eigenvalue weighted by Crippen LogP contribution is -2.42. The first kappa shape index (κ1) is 15.2. The van der Waals surface area contributed by atoms with E-state index in [-0.39, 0.29) is 24.3 Å². The third-order valence-corrected chi connectivity index (χ3v) is 2.51. The molecule has 94 valence electrons. The summed E-state index contributed by atoms with van der Waals surface area (Å²) in [6.07, 6.45) is -0.151. The molecular formula is C9H13N3O4S. The first-order valence-electron chi connectivity index (χ1n) is 4.72. The molecule has 0 aliphatic heterocycles. The van der Waals surface area contributed by atoms with Crippen molar-refractivity contribution in [3.8, 4) is 6.07 Å². The van der Waals surface area contributed by atoms with E-state index < -0.39 is 23.8 Å². The second-order valence-electron chi connectivity index (χ2n) is 3.11. The third-order valence-electron chi connectivity index (χ3n) is 1.71. The highest BCUT2D eigenvalue weighted by Gasteiger charge is 2.20. The number of rotatable bonds is 8. The summed E-state index contributed by atoms with van der Waals surface area (Å²) in [7, 11) is 0. The Kier molecular flexibility index (Phi) is 7.54. The van der Waals surface area contributed by atoms with Gasteiger partial charge in [-0.05, 0) is 6.42 Å². The largest absolute Gasteiger partial charge is 0.480 e. The van der Waals surface area contributed by atoms with Gasteiger partial charge in [-0.2, -0.15) is 5.26 Å². The van der Waals surface area contributed by atoms with Gasteiger partial charge in [0.15, 0.2) is 0 Å². The number of hydrogen-bond acceptors (Lipinski definition) is 5. The van der Waals surface area contributed by atoms with Crippen molar-refractivity contribution < 1.29 is 19.5 Å². The Hall–Kier alpha value is -1.75. The number of carbonyl (C=O) groups is 3. The number of nitrogens with zero attached hydrogens (tertiary/aromatic N) is 1. The molecule has 0 rings (SSSR count). The molecule has 0 radical (unpaired) electrons. The SMILES string of the molecule is N#CCSCC(=O)NC(CCC(N)=O)C(=O)O. The van der Waals surface area contributed by atoms with Crippen LogP contribution in [0.15, 0.2) is 0 Å². The van der Waals surface area contributed by atoms with Crippen molar-refractivity contribution in [1.29, 1.82) is 5.26 Å². The van der Waals surface area contributed by atoms with Gasteiger partial charge in [-0.1, -0.05) is 0 Å². The zero-order valence-electron chi connectivity index (χ0n) is 9.01. The maximum Gasteiger partial charge on any atom is 0.326 e. The number of nitrogens with two attached hydrogens (primary N) is 1. The molecule has 0 aromatic carbocycles. The maximum atomic E-state index is 11.3. The molecule has 0 saturated carbocycles. The summed E-state index contributed by atoms with van der Waals surface area (Å²) < 4.78 is 0. The molecular weight excluding hydrogens is 246 g/mol. The summed E-state index contributed by atoms with van der Waals surface area (Å²) in [6.45, 7) is 0. The Morgan fingerprint density at radius 3 is 2.59 bits per heavy atom. The van der Waals surface area contributed by atoms with Crippen molar-refractivity contribution in [2.45, 2.75) is 18.9 Å². The lowest BCUT2D eigenvalue weighted by Gasteiger charge is -2.13. The minimum Gasteiger partial charge on any atom is -0.480 e. The summed E-state index contributed by atoms with van der Waals surface area (Å²) in [6, 6.07) is 0.718. The van der Waals surface area contributed by atoms with Crippen molar-refractivity contribution >= 4 is 29.5 Å². The lowest BCUT2D eigenvalue weighted by molar-refractivity contribution is -0.141. The third kappa shape index (κ3) is 8.10. The summed E-state index contributed by atoms with van der Waals surface area (Å²) in [5.74, 6) is -2.16. The van der Waals surface area contributed by atoms with Crippen LogP contribution in [-0.4, -0.2) is 40.4 Å². The first-order valence-corrected chi connectivity index (χ1v) is 5.88. The molecule has 17 heavy (non-hydrogen) atoms. The number of nitrogens with one attached hydrogen (secondary N) is 1. The fourth-order valence-electron chi connectivity index (χ4n) is 0.969. The van der Waals surface area contributed by atoms with E-state index in [9.17, 15) is 14.4 Å². The van der Waals surface area contributed by atoms with Gasteiger partial charge in [0.05, 0.1) is 17.6 Å². The monoisotopic (exact) mass is 259 g/mol. The van der Waals surface area contributed by atoms with Gasteiger partial charge < -0.3 is 16.2 Å². The van der Waals surface area contributed by atoms with Crippen LogP contribution >= 0.6 is 11.8 Å². The van der Waals surface area contributed by atoms with Crippen LogP contribution in [0.3, 0.4) is 0 Å². The van der Waals surface area contributed by atoms with E-state index in [1.165, 1.54) is 0 Å². The molecule has 0 aromatic rings. The number of carbonyl (C=O) groups excluding carboxylic acids is 2. The van der Waals surface area contributed by atoms with Gasteiger partial charge in [0, 0.05) is 6.42 Å². The topological polar surface area (TPSA) is 133 Å². The second kappa shape index (κ2) is 8.41. The molecule has 4 N–H and O–H groups in total. The summed E-state index contributed by atoms with van der Waals surface area (Å²) in [5.41, 5.74) is 4.89. The van der Waals surface area contributed by atoms with Crippen molar-refractivity contribution in [1.82, 2.24) is 5.32 Å². The number of carboxylic acids is 1. The first-order chi connectivity index (χ1) is 7.97.